The van der Waals surface area contributed by atoms with Crippen LogP contribution in [-0.2, 0) is 14.3 Å². The van der Waals surface area contributed by atoms with E-state index in [2.05, 4.69) is 31.3 Å². The third kappa shape index (κ3) is 50.5. The van der Waals surface area contributed by atoms with Gasteiger partial charge in [-0.05, 0) is 32.1 Å². The second kappa shape index (κ2) is 61.7. The summed E-state index contributed by atoms with van der Waals surface area (Å²) in [6, 6.07) is -0.820. The van der Waals surface area contributed by atoms with Crippen molar-refractivity contribution in [1.29, 1.82) is 0 Å². The lowest BCUT2D eigenvalue weighted by Gasteiger charge is -2.40. The minimum absolute atomic E-state index is 0.177. The zero-order valence-electron chi connectivity index (χ0n) is 53.8. The standard InChI is InChI=1S/C72H139NO8/c1-3-5-7-9-11-13-15-17-19-21-23-25-27-29-31-32-33-34-36-38-40-42-44-46-48-50-52-54-56-58-60-62-68(76)73-65(64-80-72-71(79)70(78)69(77)67(63-74)81-72)66(75)61-59-57-55-53-51-49-47-45-43-41-39-37-35-30-28-26-24-22-20-18-16-14-12-10-8-6-4-2/h51,53,59,61,65-67,69-72,74-75,77-79H,3-50,52,54-58,60,62-64H2,1-2H3,(H,73,76)/b53-51+,61-59+. The number of allylic oxidation sites excluding steroid dienone is 3. The molecule has 1 aliphatic heterocycles. The monoisotopic (exact) mass is 1150 g/mol. The Kier molecular flexibility index (Phi) is 59.2. The third-order valence-electron chi connectivity index (χ3n) is 17.5. The molecular formula is C72H139NO8. The van der Waals surface area contributed by atoms with Crippen molar-refractivity contribution in [3.8, 4) is 0 Å². The molecule has 1 aliphatic rings. The van der Waals surface area contributed by atoms with Crippen molar-refractivity contribution < 1.29 is 39.8 Å². The van der Waals surface area contributed by atoms with Gasteiger partial charge in [-0.25, -0.2) is 0 Å². The number of aliphatic hydroxyl groups is 5. The maximum Gasteiger partial charge on any atom is 0.220 e. The lowest BCUT2D eigenvalue weighted by atomic mass is 9.99. The molecular weight excluding hydrogens is 1010 g/mol. The second-order valence-electron chi connectivity index (χ2n) is 25.4. The van der Waals surface area contributed by atoms with E-state index in [1.807, 2.05) is 6.08 Å². The Morgan fingerprint density at radius 1 is 0.407 bits per heavy atom. The maximum atomic E-state index is 13.1. The van der Waals surface area contributed by atoms with Gasteiger partial charge in [0.2, 0.25) is 5.91 Å². The van der Waals surface area contributed by atoms with Crippen molar-refractivity contribution in [2.75, 3.05) is 13.2 Å². The Hall–Kier alpha value is -1.33. The van der Waals surface area contributed by atoms with Gasteiger partial charge in [-0.3, -0.25) is 4.79 Å². The van der Waals surface area contributed by atoms with Crippen LogP contribution in [0.1, 0.15) is 373 Å². The van der Waals surface area contributed by atoms with E-state index in [0.717, 1.165) is 38.5 Å². The summed E-state index contributed by atoms with van der Waals surface area (Å²) in [4.78, 5) is 13.1. The molecule has 9 heteroatoms. The van der Waals surface area contributed by atoms with Crippen LogP contribution in [-0.4, -0.2) is 87.5 Å². The first-order valence-corrected chi connectivity index (χ1v) is 36.1. The van der Waals surface area contributed by atoms with Gasteiger partial charge in [-0.1, -0.05) is 359 Å². The molecule has 1 rings (SSSR count). The molecule has 0 aromatic heterocycles. The number of carbonyl (C=O) groups excluding carboxylic acids is 1. The molecule has 1 amide bonds. The predicted octanol–water partition coefficient (Wildman–Crippen LogP) is 19.6. The normalized spacial score (nSPS) is 18.4. The molecule has 1 saturated heterocycles. The Labute approximate surface area is 502 Å². The summed E-state index contributed by atoms with van der Waals surface area (Å²) in [5.74, 6) is -0.177. The molecule has 81 heavy (non-hydrogen) atoms. The largest absolute Gasteiger partial charge is 0.394 e. The Morgan fingerprint density at radius 2 is 0.704 bits per heavy atom. The third-order valence-corrected chi connectivity index (χ3v) is 17.5. The predicted molar refractivity (Wildman–Crippen MR) is 346 cm³/mol. The molecule has 6 N–H and O–H groups in total. The highest BCUT2D eigenvalue weighted by atomic mass is 16.7. The van der Waals surface area contributed by atoms with Gasteiger partial charge < -0.3 is 40.3 Å². The number of hydrogen-bond acceptors (Lipinski definition) is 8. The van der Waals surface area contributed by atoms with E-state index in [1.54, 1.807) is 6.08 Å². The fourth-order valence-corrected chi connectivity index (χ4v) is 11.9. The van der Waals surface area contributed by atoms with Gasteiger partial charge in [-0.15, -0.1) is 0 Å². The van der Waals surface area contributed by atoms with Crippen LogP contribution in [0.2, 0.25) is 0 Å². The van der Waals surface area contributed by atoms with E-state index in [0.29, 0.717) is 6.42 Å². The summed E-state index contributed by atoms with van der Waals surface area (Å²) in [5.41, 5.74) is 0. The van der Waals surface area contributed by atoms with Crippen molar-refractivity contribution >= 4 is 5.91 Å². The summed E-state index contributed by atoms with van der Waals surface area (Å²) >= 11 is 0. The molecule has 0 aliphatic carbocycles. The number of aliphatic hydroxyl groups excluding tert-OH is 5. The van der Waals surface area contributed by atoms with Crippen molar-refractivity contribution in [1.82, 2.24) is 5.32 Å². The smallest absolute Gasteiger partial charge is 0.220 e. The number of nitrogens with one attached hydrogen (secondary N) is 1. The number of ether oxygens (including phenoxy) is 2. The van der Waals surface area contributed by atoms with Gasteiger partial charge in [0.15, 0.2) is 6.29 Å². The molecule has 1 fully saturated rings. The summed E-state index contributed by atoms with van der Waals surface area (Å²) in [6.45, 7) is 3.83. The van der Waals surface area contributed by atoms with Gasteiger partial charge in [0.1, 0.15) is 24.4 Å². The maximum absolute atomic E-state index is 13.1. The summed E-state index contributed by atoms with van der Waals surface area (Å²) in [5, 5.41) is 54.8. The van der Waals surface area contributed by atoms with Gasteiger partial charge in [0, 0.05) is 6.42 Å². The van der Waals surface area contributed by atoms with Crippen molar-refractivity contribution in [3.63, 3.8) is 0 Å². The zero-order valence-corrected chi connectivity index (χ0v) is 53.8. The molecule has 0 aromatic carbocycles. The minimum Gasteiger partial charge on any atom is -0.394 e. The quantitative estimate of drug-likeness (QED) is 0.0261. The average molecular weight is 1150 g/mol. The average Bonchev–Trinajstić information content (AvgIpc) is 3.50. The molecule has 0 saturated carbocycles. The number of hydrogen-bond donors (Lipinski definition) is 6. The van der Waals surface area contributed by atoms with Crippen molar-refractivity contribution in [3.05, 3.63) is 24.3 Å². The van der Waals surface area contributed by atoms with E-state index in [-0.39, 0.29) is 12.5 Å². The van der Waals surface area contributed by atoms with Crippen LogP contribution in [0.3, 0.4) is 0 Å². The van der Waals surface area contributed by atoms with Crippen LogP contribution < -0.4 is 5.32 Å². The molecule has 480 valence electrons. The number of carbonyl (C=O) groups is 1. The fraction of sp³-hybridized carbons (Fsp3) is 0.931. The number of rotatable bonds is 64. The van der Waals surface area contributed by atoms with Gasteiger partial charge in [0.05, 0.1) is 25.4 Å². The first kappa shape index (κ1) is 77.7. The van der Waals surface area contributed by atoms with Crippen molar-refractivity contribution in [2.24, 2.45) is 0 Å². The Morgan fingerprint density at radius 3 is 1.04 bits per heavy atom. The van der Waals surface area contributed by atoms with E-state index < -0.39 is 49.5 Å². The van der Waals surface area contributed by atoms with Crippen LogP contribution >= 0.6 is 0 Å². The highest BCUT2D eigenvalue weighted by Crippen LogP contribution is 2.24. The highest BCUT2D eigenvalue weighted by molar-refractivity contribution is 5.76. The van der Waals surface area contributed by atoms with Crippen LogP contribution in [0.5, 0.6) is 0 Å². The minimum atomic E-state index is -1.57. The molecule has 7 atom stereocenters. The van der Waals surface area contributed by atoms with E-state index in [1.165, 1.54) is 315 Å². The van der Waals surface area contributed by atoms with E-state index in [4.69, 9.17) is 9.47 Å². The first-order valence-electron chi connectivity index (χ1n) is 36.1. The van der Waals surface area contributed by atoms with Crippen LogP contribution in [0.4, 0.5) is 0 Å². The Bertz CT molecular complexity index is 1330. The molecule has 1 heterocycles. The number of amides is 1. The first-order chi connectivity index (χ1) is 39.8. The molecule has 0 spiro atoms. The van der Waals surface area contributed by atoms with Gasteiger partial charge in [-0.2, -0.15) is 0 Å². The summed E-state index contributed by atoms with van der Waals surface area (Å²) in [6.07, 6.45) is 74.5. The van der Waals surface area contributed by atoms with Crippen LogP contribution in [0.25, 0.3) is 0 Å². The number of unbranched alkanes of at least 4 members (excludes halogenated alkanes) is 52. The fourth-order valence-electron chi connectivity index (χ4n) is 11.9. The Balaban J connectivity index is 2.12. The second-order valence-corrected chi connectivity index (χ2v) is 25.4. The molecule has 9 nitrogen and oxygen atoms in total. The van der Waals surface area contributed by atoms with E-state index >= 15 is 0 Å². The summed E-state index contributed by atoms with van der Waals surface area (Å²) < 4.78 is 11.3. The lowest BCUT2D eigenvalue weighted by Crippen LogP contribution is -2.60. The van der Waals surface area contributed by atoms with Crippen molar-refractivity contribution in [2.45, 2.75) is 416 Å². The highest BCUT2D eigenvalue weighted by Gasteiger charge is 2.44. The summed E-state index contributed by atoms with van der Waals surface area (Å²) in [7, 11) is 0. The van der Waals surface area contributed by atoms with Crippen LogP contribution in [0, 0.1) is 0 Å². The van der Waals surface area contributed by atoms with Crippen LogP contribution in [0.15, 0.2) is 24.3 Å². The molecule has 0 aromatic rings. The SMILES string of the molecule is CCCCCCCCCCCCCCCCCCCCCCC/C=C/CC/C=C/C(O)C(COC1OC(CO)C(O)C(O)C1O)NC(=O)CCCCCCCCCCCCCCCCCCCCCCCCCCCCCCCCC. The van der Waals surface area contributed by atoms with E-state index in [9.17, 15) is 30.3 Å². The van der Waals surface area contributed by atoms with Gasteiger partial charge in [0.25, 0.3) is 0 Å². The lowest BCUT2D eigenvalue weighted by molar-refractivity contribution is -0.302. The van der Waals surface area contributed by atoms with Gasteiger partial charge >= 0.3 is 0 Å². The zero-order chi connectivity index (χ0) is 58.6. The molecule has 7 unspecified atom stereocenters. The molecule has 0 radical (unpaired) electrons. The molecule has 0 bridgehead atoms. The topological polar surface area (TPSA) is 149 Å².